The fraction of sp³-hybridized carbons (Fsp3) is 0.182. The summed E-state index contributed by atoms with van der Waals surface area (Å²) >= 11 is 0. The topological polar surface area (TPSA) is 0 Å². The van der Waals surface area contributed by atoms with E-state index in [1.807, 2.05) is 0 Å². The van der Waals surface area contributed by atoms with Crippen LogP contribution in [0.25, 0.3) is 0 Å². The molecule has 0 aliphatic heterocycles. The van der Waals surface area contributed by atoms with E-state index < -0.39 is 36.3 Å². The third kappa shape index (κ3) is 20.7. The van der Waals surface area contributed by atoms with Crippen LogP contribution in [0.4, 0.5) is 69.1 Å². The SMILES string of the molecule is F[B-](F)(F)F.F[B-](F)(F)F.F[B-](F)(F)F.F[B-](F)(F)F.c1ccc([PH](c2ccccc2)(c2ccccc2)C2CCC2)cc1. The fourth-order valence-electron chi connectivity index (χ4n) is 4.15. The Balaban J connectivity index is 0.000000723. The first-order valence-electron chi connectivity index (χ1n) is 12.1. The van der Waals surface area contributed by atoms with E-state index >= 15 is 0 Å². The van der Waals surface area contributed by atoms with Crippen molar-refractivity contribution in [3.63, 3.8) is 0 Å². The molecule has 1 saturated carbocycles. The van der Waals surface area contributed by atoms with Crippen LogP contribution in [0.1, 0.15) is 19.3 Å². The summed E-state index contributed by atoms with van der Waals surface area (Å²) in [7, 11) is -25.9. The van der Waals surface area contributed by atoms with Crippen molar-refractivity contribution in [2.75, 3.05) is 0 Å². The molecule has 3 aromatic rings. The molecule has 1 aliphatic rings. The molecule has 1 aliphatic carbocycles. The molecule has 0 aromatic heterocycles. The van der Waals surface area contributed by atoms with Gasteiger partial charge in [-0.2, -0.15) is 0 Å². The first-order valence-corrected chi connectivity index (χ1v) is 14.2. The standard InChI is InChI=1S/C22H23P.4BF4/c1-4-11-19(12-5-1)23(22-17-10-18-22,20-13-6-2-7-14-20)21-15-8-3-9-16-21;4*2-1(3,4)5/h1-9,11-16,22-23H,10,17-18H2;;;;/q;4*-1. The molecule has 4 rings (SSSR count). The Labute approximate surface area is 237 Å². The zero-order valence-corrected chi connectivity index (χ0v) is 22.7. The molecule has 0 radical (unpaired) electrons. The van der Waals surface area contributed by atoms with Crippen molar-refractivity contribution in [1.29, 1.82) is 0 Å². The van der Waals surface area contributed by atoms with Crippen LogP contribution in [-0.2, 0) is 0 Å². The maximum absolute atomic E-state index is 9.75. The van der Waals surface area contributed by atoms with E-state index in [-0.39, 0.29) is 0 Å². The zero-order chi connectivity index (χ0) is 33.5. The first kappa shape index (κ1) is 40.2. The molecule has 0 bridgehead atoms. The second-order valence-electron chi connectivity index (χ2n) is 8.51. The Bertz CT molecular complexity index is 969. The predicted molar refractivity (Wildman–Crippen MR) is 145 cm³/mol. The monoisotopic (exact) mass is 666 g/mol. The minimum absolute atomic E-state index is 0.815. The molecule has 0 heterocycles. The summed E-state index contributed by atoms with van der Waals surface area (Å²) in [6, 6.07) is 33.9. The Morgan fingerprint density at radius 2 is 0.558 bits per heavy atom. The molecule has 21 heteroatoms. The van der Waals surface area contributed by atoms with Crippen molar-refractivity contribution in [2.45, 2.75) is 24.9 Å². The summed E-state index contributed by atoms with van der Waals surface area (Å²) in [5.74, 6) is 0. The summed E-state index contributed by atoms with van der Waals surface area (Å²) in [4.78, 5) is 0. The second kappa shape index (κ2) is 17.5. The third-order valence-electron chi connectivity index (χ3n) is 5.40. The van der Waals surface area contributed by atoms with Crippen molar-refractivity contribution < 1.29 is 69.1 Å². The Hall–Kier alpha value is -2.77. The second-order valence-corrected chi connectivity index (χ2v) is 12.7. The fourth-order valence-corrected chi connectivity index (χ4v) is 9.99. The van der Waals surface area contributed by atoms with Gasteiger partial charge >= 0.3 is 168 Å². The van der Waals surface area contributed by atoms with Crippen LogP contribution in [0.2, 0.25) is 0 Å². The molecule has 0 spiro atoms. The van der Waals surface area contributed by atoms with Gasteiger partial charge in [0.25, 0.3) is 0 Å². The summed E-state index contributed by atoms with van der Waals surface area (Å²) in [5, 5.41) is 4.67. The molecule has 0 saturated heterocycles. The van der Waals surface area contributed by atoms with Gasteiger partial charge in [-0.05, 0) is 0 Å². The van der Waals surface area contributed by atoms with Gasteiger partial charge in [-0.1, -0.05) is 0 Å². The number of hydrogen-bond acceptors (Lipinski definition) is 0. The number of halogens is 16. The summed E-state index contributed by atoms with van der Waals surface area (Å²) in [6.07, 6.45) is 4.11. The Morgan fingerprint density at radius 3 is 0.698 bits per heavy atom. The van der Waals surface area contributed by atoms with E-state index in [1.165, 1.54) is 19.3 Å². The van der Waals surface area contributed by atoms with E-state index in [1.54, 1.807) is 15.9 Å². The zero-order valence-electron chi connectivity index (χ0n) is 21.7. The van der Waals surface area contributed by atoms with Crippen molar-refractivity contribution in [3.05, 3.63) is 91.0 Å². The van der Waals surface area contributed by atoms with Gasteiger partial charge in [0, 0.05) is 0 Å². The van der Waals surface area contributed by atoms with Crippen LogP contribution in [-0.4, -0.2) is 34.7 Å². The Morgan fingerprint density at radius 1 is 0.372 bits per heavy atom. The van der Waals surface area contributed by atoms with Gasteiger partial charge in [-0.15, -0.1) is 0 Å². The molecular formula is C22H23B4F16P-4. The van der Waals surface area contributed by atoms with Crippen molar-refractivity contribution in [3.8, 4) is 0 Å². The summed E-state index contributed by atoms with van der Waals surface area (Å²) in [5.41, 5.74) is 0.815. The summed E-state index contributed by atoms with van der Waals surface area (Å²) in [6.45, 7) is 0. The maximum atomic E-state index is 9.75. The number of hydrogen-bond donors (Lipinski definition) is 0. The number of rotatable bonds is 4. The number of benzene rings is 3. The van der Waals surface area contributed by atoms with Gasteiger partial charge in [0.15, 0.2) is 0 Å². The van der Waals surface area contributed by atoms with Gasteiger partial charge in [-0.3, -0.25) is 0 Å². The molecule has 0 N–H and O–H groups in total. The van der Waals surface area contributed by atoms with E-state index in [0.717, 1.165) is 5.66 Å². The van der Waals surface area contributed by atoms with E-state index in [4.69, 9.17) is 0 Å². The quantitative estimate of drug-likeness (QED) is 0.148. The van der Waals surface area contributed by atoms with Crippen LogP contribution in [0.15, 0.2) is 91.0 Å². The third-order valence-corrected chi connectivity index (χ3v) is 10.9. The molecule has 244 valence electrons. The van der Waals surface area contributed by atoms with Crippen LogP contribution in [0, 0.1) is 0 Å². The average Bonchev–Trinajstić information content (AvgIpc) is 2.79. The molecule has 1 fully saturated rings. The molecular weight excluding hydrogens is 642 g/mol. The minimum atomic E-state index is -6.00. The molecule has 0 unspecified atom stereocenters. The molecule has 0 amide bonds. The molecule has 0 nitrogen and oxygen atoms in total. The predicted octanol–water partition coefficient (Wildman–Crippen LogP) is 9.47. The van der Waals surface area contributed by atoms with Crippen LogP contribution in [0.3, 0.4) is 0 Å². The van der Waals surface area contributed by atoms with Gasteiger partial charge in [0.05, 0.1) is 0 Å². The van der Waals surface area contributed by atoms with Gasteiger partial charge in [0.2, 0.25) is 0 Å². The molecule has 0 atom stereocenters. The summed E-state index contributed by atoms with van der Waals surface area (Å²) < 4.78 is 156. The Kier molecular flexibility index (Phi) is 16.4. The van der Waals surface area contributed by atoms with Gasteiger partial charge in [0.1, 0.15) is 0 Å². The van der Waals surface area contributed by atoms with Crippen molar-refractivity contribution in [1.82, 2.24) is 0 Å². The van der Waals surface area contributed by atoms with E-state index in [9.17, 15) is 69.1 Å². The van der Waals surface area contributed by atoms with E-state index in [2.05, 4.69) is 91.0 Å². The van der Waals surface area contributed by atoms with E-state index in [0.29, 0.717) is 0 Å². The normalized spacial score (nSPS) is 14.0. The first-order chi connectivity index (χ1) is 19.4. The van der Waals surface area contributed by atoms with Gasteiger partial charge in [-0.25, -0.2) is 0 Å². The molecule has 3 aromatic carbocycles. The average molecular weight is 666 g/mol. The van der Waals surface area contributed by atoms with Crippen LogP contribution in [0.5, 0.6) is 0 Å². The van der Waals surface area contributed by atoms with Crippen molar-refractivity contribution in [2.24, 2.45) is 0 Å². The van der Waals surface area contributed by atoms with Gasteiger partial charge < -0.3 is 69.1 Å². The van der Waals surface area contributed by atoms with Crippen LogP contribution >= 0.6 is 7.26 Å². The molecule has 43 heavy (non-hydrogen) atoms. The van der Waals surface area contributed by atoms with Crippen molar-refractivity contribution >= 4 is 52.2 Å². The van der Waals surface area contributed by atoms with Crippen LogP contribution < -0.4 is 15.9 Å².